The number of nitrogens with two attached hydrogens (primary N) is 1. The molecule has 1 rings (SSSR count). The van der Waals surface area contributed by atoms with E-state index in [-0.39, 0.29) is 12.6 Å². The lowest BCUT2D eigenvalue weighted by Crippen LogP contribution is -2.43. The predicted molar refractivity (Wildman–Crippen MR) is 117 cm³/mol. The van der Waals surface area contributed by atoms with Gasteiger partial charge in [-0.15, -0.1) is 0 Å². The van der Waals surface area contributed by atoms with Crippen LogP contribution in [0.4, 0.5) is 13.2 Å². The number of aryl methyl sites for hydroxylation is 1. The summed E-state index contributed by atoms with van der Waals surface area (Å²) in [6.45, 7) is 7.34. The second-order valence-corrected chi connectivity index (χ2v) is 7.66. The van der Waals surface area contributed by atoms with Crippen LogP contribution in [0.3, 0.4) is 0 Å². The third-order valence-electron chi connectivity index (χ3n) is 4.78. The quantitative estimate of drug-likeness (QED) is 0.407. The summed E-state index contributed by atoms with van der Waals surface area (Å²) in [5, 5.41) is 0.442. The van der Waals surface area contributed by atoms with Crippen molar-refractivity contribution in [3.63, 3.8) is 0 Å². The topological polar surface area (TPSA) is 58.7 Å². The molecule has 30 heavy (non-hydrogen) atoms. The Morgan fingerprint density at radius 3 is 2.27 bits per heavy atom. The first-order valence-electron chi connectivity index (χ1n) is 9.68. The number of halogens is 4. The summed E-state index contributed by atoms with van der Waals surface area (Å²) in [7, 11) is 1.07. The van der Waals surface area contributed by atoms with Gasteiger partial charge in [0.25, 0.3) is 12.3 Å². The molecule has 4 nitrogen and oxygen atoms in total. The van der Waals surface area contributed by atoms with Gasteiger partial charge in [0, 0.05) is 24.7 Å². The average molecular weight is 444 g/mol. The highest BCUT2D eigenvalue weighted by Crippen LogP contribution is 2.26. The van der Waals surface area contributed by atoms with Crippen LogP contribution in [0.25, 0.3) is 5.57 Å². The molecule has 1 aromatic carbocycles. The minimum Gasteiger partial charge on any atom is -0.397 e. The van der Waals surface area contributed by atoms with Gasteiger partial charge in [-0.1, -0.05) is 54.8 Å². The molecule has 0 spiro atoms. The Hall–Kier alpha value is -2.28. The molecule has 0 aliphatic rings. The molecular weight excluding hydrogens is 415 g/mol. The number of rotatable bonds is 9. The summed E-state index contributed by atoms with van der Waals surface area (Å²) in [4.78, 5) is 17.8. The third-order valence-corrected chi connectivity index (χ3v) is 5.01. The number of alkyl halides is 2. The minimum atomic E-state index is -3.19. The Morgan fingerprint density at radius 2 is 1.83 bits per heavy atom. The summed E-state index contributed by atoms with van der Waals surface area (Å²) >= 11 is 6.32. The van der Waals surface area contributed by atoms with E-state index in [2.05, 4.69) is 4.99 Å². The van der Waals surface area contributed by atoms with Crippen LogP contribution in [0.1, 0.15) is 44.7 Å². The van der Waals surface area contributed by atoms with E-state index in [1.54, 1.807) is 13.8 Å². The molecule has 0 saturated heterocycles. The van der Waals surface area contributed by atoms with Crippen molar-refractivity contribution >= 4 is 29.0 Å². The Labute approximate surface area is 181 Å². The minimum absolute atomic E-state index is 0.00933. The van der Waals surface area contributed by atoms with Gasteiger partial charge in [-0.05, 0) is 38.3 Å². The molecule has 0 aliphatic carbocycles. The smallest absolute Gasteiger partial charge is 0.278 e. The van der Waals surface area contributed by atoms with Gasteiger partial charge in [-0.25, -0.2) is 8.78 Å². The van der Waals surface area contributed by atoms with E-state index in [0.29, 0.717) is 17.0 Å². The number of benzene rings is 1. The second kappa shape index (κ2) is 11.8. The van der Waals surface area contributed by atoms with Crippen LogP contribution < -0.4 is 5.73 Å². The lowest BCUT2D eigenvalue weighted by molar-refractivity contribution is -0.128. The van der Waals surface area contributed by atoms with Crippen LogP contribution in [-0.2, 0) is 4.79 Å². The Morgan fingerprint density at radius 1 is 1.27 bits per heavy atom. The van der Waals surface area contributed by atoms with Gasteiger partial charge in [0.1, 0.15) is 5.57 Å². The van der Waals surface area contributed by atoms with Gasteiger partial charge in [-0.3, -0.25) is 9.79 Å². The molecule has 1 amide bonds. The van der Waals surface area contributed by atoms with Gasteiger partial charge < -0.3 is 10.6 Å². The average Bonchev–Trinajstić information content (AvgIpc) is 2.69. The first-order chi connectivity index (χ1) is 14.0. The molecule has 1 atom stereocenters. The maximum absolute atomic E-state index is 14.3. The van der Waals surface area contributed by atoms with Crippen LogP contribution in [0.2, 0.25) is 0 Å². The first-order valence-corrected chi connectivity index (χ1v) is 10.1. The van der Waals surface area contributed by atoms with Crippen molar-refractivity contribution < 1.29 is 18.0 Å². The predicted octanol–water partition coefficient (Wildman–Crippen LogP) is 5.46. The molecule has 0 bridgehead atoms. The SMILES string of the molecule is CCCC(C)N(C/C(=C(\C)Cl)c1ccc(C)cc1)C(=O)C(C(F)=NC)=C(N)C(F)F. The van der Waals surface area contributed by atoms with Gasteiger partial charge in [-0.2, -0.15) is 4.39 Å². The van der Waals surface area contributed by atoms with Crippen molar-refractivity contribution in [2.24, 2.45) is 10.7 Å². The summed E-state index contributed by atoms with van der Waals surface area (Å²) < 4.78 is 40.8. The van der Waals surface area contributed by atoms with Crippen LogP contribution in [-0.4, -0.2) is 42.8 Å². The maximum atomic E-state index is 14.3. The summed E-state index contributed by atoms with van der Waals surface area (Å²) in [5.74, 6) is -2.27. The Bertz CT molecular complexity index is 829. The summed E-state index contributed by atoms with van der Waals surface area (Å²) in [5.41, 5.74) is 5.81. The van der Waals surface area contributed by atoms with Gasteiger partial charge in [0.05, 0.1) is 5.70 Å². The van der Waals surface area contributed by atoms with Crippen LogP contribution in [0, 0.1) is 6.92 Å². The second-order valence-electron chi connectivity index (χ2n) is 7.09. The van der Waals surface area contributed by atoms with E-state index in [1.165, 1.54) is 4.90 Å². The van der Waals surface area contributed by atoms with Gasteiger partial charge in [0.15, 0.2) is 0 Å². The van der Waals surface area contributed by atoms with Crippen molar-refractivity contribution in [2.75, 3.05) is 13.6 Å². The number of nitrogens with zero attached hydrogens (tertiary/aromatic N) is 2. The largest absolute Gasteiger partial charge is 0.397 e. The number of carbonyl (C=O) groups is 1. The number of aliphatic imine (C=N–C) groups is 1. The summed E-state index contributed by atoms with van der Waals surface area (Å²) in [6, 6.07) is 7.16. The highest BCUT2D eigenvalue weighted by atomic mass is 35.5. The van der Waals surface area contributed by atoms with E-state index in [1.807, 2.05) is 38.1 Å². The first kappa shape index (κ1) is 25.8. The normalized spacial score (nSPS) is 14.9. The zero-order valence-electron chi connectivity index (χ0n) is 18.0. The fourth-order valence-corrected chi connectivity index (χ4v) is 3.19. The van der Waals surface area contributed by atoms with Crippen LogP contribution in [0.15, 0.2) is 45.6 Å². The number of carbonyl (C=O) groups excluding carboxylic acids is 1. The molecular formula is C22H29ClF3N3O. The van der Waals surface area contributed by atoms with Crippen molar-refractivity contribution in [1.29, 1.82) is 0 Å². The fraction of sp³-hybridized carbons (Fsp3) is 0.455. The van der Waals surface area contributed by atoms with E-state index >= 15 is 0 Å². The van der Waals surface area contributed by atoms with E-state index < -0.39 is 29.6 Å². The molecule has 2 N–H and O–H groups in total. The van der Waals surface area contributed by atoms with Crippen LogP contribution >= 0.6 is 11.6 Å². The zero-order chi connectivity index (χ0) is 23.0. The van der Waals surface area contributed by atoms with Gasteiger partial charge >= 0.3 is 0 Å². The van der Waals surface area contributed by atoms with Crippen molar-refractivity contribution in [2.45, 2.75) is 53.0 Å². The molecule has 0 saturated carbocycles. The summed E-state index contributed by atoms with van der Waals surface area (Å²) in [6.07, 6.45) is -1.87. The van der Waals surface area contributed by atoms with Crippen molar-refractivity contribution in [3.8, 4) is 0 Å². The molecule has 0 aliphatic heterocycles. The molecule has 166 valence electrons. The Balaban J connectivity index is 3.52. The van der Waals surface area contributed by atoms with E-state index in [0.717, 1.165) is 24.6 Å². The van der Waals surface area contributed by atoms with Gasteiger partial charge in [0.2, 0.25) is 5.97 Å². The van der Waals surface area contributed by atoms with E-state index in [9.17, 15) is 18.0 Å². The number of hydrogen-bond donors (Lipinski definition) is 1. The molecule has 0 aromatic heterocycles. The highest BCUT2D eigenvalue weighted by Gasteiger charge is 2.31. The standard InChI is InChI=1S/C22H29ClF3N3O/c1-6-7-14(3)29(22(30)18(21(26)28-5)19(27)20(24)25)12-17(15(4)23)16-10-8-13(2)9-11-16/h8-11,14,20H,6-7,12,27H2,1-5H3/b17-15-,19-18?,28-21?. The highest BCUT2D eigenvalue weighted by molar-refractivity contribution is 6.32. The molecule has 0 heterocycles. The third kappa shape index (κ3) is 6.62. The molecule has 8 heteroatoms. The van der Waals surface area contributed by atoms with E-state index in [4.69, 9.17) is 17.3 Å². The van der Waals surface area contributed by atoms with Crippen molar-refractivity contribution in [1.82, 2.24) is 4.90 Å². The number of amides is 1. The molecule has 1 unspecified atom stereocenters. The zero-order valence-corrected chi connectivity index (χ0v) is 18.7. The molecule has 0 radical (unpaired) electrons. The van der Waals surface area contributed by atoms with Crippen molar-refractivity contribution in [3.05, 3.63) is 51.7 Å². The maximum Gasteiger partial charge on any atom is 0.278 e. The number of hydrogen-bond acceptors (Lipinski definition) is 3. The lowest BCUT2D eigenvalue weighted by Gasteiger charge is -2.31. The number of allylic oxidation sites excluding steroid dienone is 2. The molecule has 1 aromatic rings. The molecule has 0 fully saturated rings. The fourth-order valence-electron chi connectivity index (χ4n) is 3.02. The lowest BCUT2D eigenvalue weighted by atomic mass is 10.0. The monoisotopic (exact) mass is 443 g/mol. The van der Waals surface area contributed by atoms with Crippen LogP contribution in [0.5, 0.6) is 0 Å². The Kier molecular flexibility index (Phi) is 10.1.